The van der Waals surface area contributed by atoms with Gasteiger partial charge >= 0.3 is 6.03 Å². The van der Waals surface area contributed by atoms with Crippen LogP contribution in [0, 0.1) is 6.92 Å². The number of rotatable bonds is 7. The Bertz CT molecular complexity index is 714. The topological polar surface area (TPSA) is 44.4 Å². The highest BCUT2D eigenvalue weighted by atomic mass is 79.9. The minimum absolute atomic E-state index is 0.173. The summed E-state index contributed by atoms with van der Waals surface area (Å²) in [5, 5.41) is 5.84. The molecule has 0 fully saturated rings. The molecule has 0 atom stereocenters. The maximum atomic E-state index is 12.1. The van der Waals surface area contributed by atoms with E-state index in [9.17, 15) is 4.79 Å². The van der Waals surface area contributed by atoms with E-state index in [1.54, 1.807) is 0 Å². The Balaban J connectivity index is 1.87. The normalized spacial score (nSPS) is 10.4. The van der Waals surface area contributed by atoms with Crippen LogP contribution in [0.2, 0.25) is 0 Å². The van der Waals surface area contributed by atoms with Crippen molar-refractivity contribution in [3.05, 3.63) is 58.1 Å². The number of nitrogens with one attached hydrogen (secondary N) is 2. The van der Waals surface area contributed by atoms with E-state index in [0.717, 1.165) is 35.2 Å². The summed E-state index contributed by atoms with van der Waals surface area (Å²) in [6, 6.07) is 14.1. The first kappa shape index (κ1) is 19.3. The molecule has 0 radical (unpaired) electrons. The standard InChI is InChI=1S/C20H26BrN3O/c1-4-24(5-2)18-9-10-19(15(3)13-18)23-20(25)22-12-11-16-7-6-8-17(21)14-16/h6-10,13-14H,4-5,11-12H2,1-3H3,(H2,22,23,25). The average molecular weight is 404 g/mol. The molecular weight excluding hydrogens is 378 g/mol. The molecule has 2 aromatic carbocycles. The minimum atomic E-state index is -0.173. The number of hydrogen-bond acceptors (Lipinski definition) is 2. The first-order valence-corrected chi connectivity index (χ1v) is 9.47. The van der Waals surface area contributed by atoms with E-state index in [0.29, 0.717) is 6.54 Å². The van der Waals surface area contributed by atoms with E-state index >= 15 is 0 Å². The van der Waals surface area contributed by atoms with E-state index in [2.05, 4.69) is 69.6 Å². The van der Waals surface area contributed by atoms with Gasteiger partial charge in [-0.25, -0.2) is 4.79 Å². The Labute approximate surface area is 158 Å². The Morgan fingerprint density at radius 1 is 1.12 bits per heavy atom. The third kappa shape index (κ3) is 5.78. The molecule has 25 heavy (non-hydrogen) atoms. The molecule has 5 heteroatoms. The highest BCUT2D eigenvalue weighted by Crippen LogP contribution is 2.22. The van der Waals surface area contributed by atoms with Crippen LogP contribution < -0.4 is 15.5 Å². The number of halogens is 1. The fourth-order valence-corrected chi connectivity index (χ4v) is 3.20. The molecule has 0 saturated carbocycles. The third-order valence-electron chi connectivity index (χ3n) is 4.18. The first-order valence-electron chi connectivity index (χ1n) is 8.68. The number of carbonyl (C=O) groups is 1. The lowest BCUT2D eigenvalue weighted by molar-refractivity contribution is 0.252. The van der Waals surface area contributed by atoms with Gasteiger partial charge in [-0.15, -0.1) is 0 Å². The summed E-state index contributed by atoms with van der Waals surface area (Å²) in [6.07, 6.45) is 0.798. The number of aryl methyl sites for hydroxylation is 1. The van der Waals surface area contributed by atoms with Gasteiger partial charge in [0.15, 0.2) is 0 Å². The van der Waals surface area contributed by atoms with Gasteiger partial charge in [-0.1, -0.05) is 28.1 Å². The molecule has 0 aliphatic rings. The largest absolute Gasteiger partial charge is 0.372 e. The number of nitrogens with zero attached hydrogens (tertiary/aromatic N) is 1. The molecule has 0 saturated heterocycles. The quantitative estimate of drug-likeness (QED) is 0.685. The fraction of sp³-hybridized carbons (Fsp3) is 0.350. The van der Waals surface area contributed by atoms with Crippen LogP contribution >= 0.6 is 15.9 Å². The van der Waals surface area contributed by atoms with Crippen LogP contribution in [-0.4, -0.2) is 25.7 Å². The second kappa shape index (κ2) is 9.47. The van der Waals surface area contributed by atoms with Gasteiger partial charge in [0.05, 0.1) is 0 Å². The highest BCUT2D eigenvalue weighted by Gasteiger charge is 2.07. The second-order valence-corrected chi connectivity index (χ2v) is 6.85. The molecule has 0 unspecified atom stereocenters. The summed E-state index contributed by atoms with van der Waals surface area (Å²) in [7, 11) is 0. The van der Waals surface area contributed by atoms with E-state index in [1.165, 1.54) is 11.3 Å². The summed E-state index contributed by atoms with van der Waals surface area (Å²) in [4.78, 5) is 14.4. The molecule has 2 amide bonds. The van der Waals surface area contributed by atoms with Crippen molar-refractivity contribution < 1.29 is 4.79 Å². The molecule has 0 spiro atoms. The van der Waals surface area contributed by atoms with Crippen molar-refractivity contribution in [3.8, 4) is 0 Å². The molecule has 0 aliphatic carbocycles. The first-order chi connectivity index (χ1) is 12.0. The van der Waals surface area contributed by atoms with Crippen LogP contribution in [0.4, 0.5) is 16.2 Å². The monoisotopic (exact) mass is 403 g/mol. The molecule has 0 bridgehead atoms. The fourth-order valence-electron chi connectivity index (χ4n) is 2.75. The zero-order valence-corrected chi connectivity index (χ0v) is 16.7. The van der Waals surface area contributed by atoms with Crippen LogP contribution in [0.15, 0.2) is 46.9 Å². The number of carbonyl (C=O) groups excluding carboxylic acids is 1. The lowest BCUT2D eigenvalue weighted by Gasteiger charge is -2.22. The molecule has 0 aromatic heterocycles. The van der Waals surface area contributed by atoms with Gasteiger partial charge in [-0.3, -0.25) is 0 Å². The number of anilines is 2. The van der Waals surface area contributed by atoms with E-state index < -0.39 is 0 Å². The highest BCUT2D eigenvalue weighted by molar-refractivity contribution is 9.10. The van der Waals surface area contributed by atoms with E-state index in [4.69, 9.17) is 0 Å². The van der Waals surface area contributed by atoms with Crippen molar-refractivity contribution in [1.29, 1.82) is 0 Å². The lowest BCUT2D eigenvalue weighted by atomic mass is 10.1. The summed E-state index contributed by atoms with van der Waals surface area (Å²) in [6.45, 7) is 8.84. The minimum Gasteiger partial charge on any atom is -0.372 e. The predicted octanol–water partition coefficient (Wildman–Crippen LogP) is 4.97. The number of urea groups is 1. The van der Waals surface area contributed by atoms with Crippen molar-refractivity contribution in [2.45, 2.75) is 27.2 Å². The van der Waals surface area contributed by atoms with Crippen molar-refractivity contribution in [3.63, 3.8) is 0 Å². The molecule has 2 N–H and O–H groups in total. The lowest BCUT2D eigenvalue weighted by Crippen LogP contribution is -2.30. The van der Waals surface area contributed by atoms with Crippen molar-refractivity contribution >= 4 is 33.3 Å². The molecule has 4 nitrogen and oxygen atoms in total. The van der Waals surface area contributed by atoms with Crippen molar-refractivity contribution in [2.24, 2.45) is 0 Å². The maximum absolute atomic E-state index is 12.1. The Morgan fingerprint density at radius 2 is 1.88 bits per heavy atom. The van der Waals surface area contributed by atoms with Crippen LogP contribution in [0.3, 0.4) is 0 Å². The summed E-state index contributed by atoms with van der Waals surface area (Å²) < 4.78 is 1.05. The van der Waals surface area contributed by atoms with Gasteiger partial charge in [0.1, 0.15) is 0 Å². The molecular formula is C20H26BrN3O. The molecule has 0 aliphatic heterocycles. The van der Waals surface area contributed by atoms with Crippen LogP contribution in [0.1, 0.15) is 25.0 Å². The summed E-state index contributed by atoms with van der Waals surface area (Å²) >= 11 is 3.46. The molecule has 2 aromatic rings. The smallest absolute Gasteiger partial charge is 0.319 e. The zero-order chi connectivity index (χ0) is 18.2. The van der Waals surface area contributed by atoms with Gasteiger partial charge in [0.2, 0.25) is 0 Å². The summed E-state index contributed by atoms with van der Waals surface area (Å²) in [5.41, 5.74) is 4.28. The van der Waals surface area contributed by atoms with Crippen LogP contribution in [0.5, 0.6) is 0 Å². The third-order valence-corrected chi connectivity index (χ3v) is 4.67. The Kier molecular flexibility index (Phi) is 7.31. The predicted molar refractivity (Wildman–Crippen MR) is 110 cm³/mol. The molecule has 2 rings (SSSR count). The van der Waals surface area contributed by atoms with Gasteiger partial charge in [0, 0.05) is 35.5 Å². The van der Waals surface area contributed by atoms with E-state index in [-0.39, 0.29) is 6.03 Å². The van der Waals surface area contributed by atoms with Gasteiger partial charge in [-0.05, 0) is 68.7 Å². The second-order valence-electron chi connectivity index (χ2n) is 5.93. The number of hydrogen-bond donors (Lipinski definition) is 2. The average Bonchev–Trinajstić information content (AvgIpc) is 2.58. The zero-order valence-electron chi connectivity index (χ0n) is 15.1. The Morgan fingerprint density at radius 3 is 2.52 bits per heavy atom. The van der Waals surface area contributed by atoms with Crippen LogP contribution in [-0.2, 0) is 6.42 Å². The van der Waals surface area contributed by atoms with Gasteiger partial charge < -0.3 is 15.5 Å². The van der Waals surface area contributed by atoms with E-state index in [1.807, 2.05) is 25.1 Å². The van der Waals surface area contributed by atoms with Gasteiger partial charge in [-0.2, -0.15) is 0 Å². The molecule has 134 valence electrons. The summed E-state index contributed by atoms with van der Waals surface area (Å²) in [5.74, 6) is 0. The van der Waals surface area contributed by atoms with Crippen molar-refractivity contribution in [2.75, 3.05) is 29.9 Å². The SMILES string of the molecule is CCN(CC)c1ccc(NC(=O)NCCc2cccc(Br)c2)c(C)c1. The Hall–Kier alpha value is -2.01. The van der Waals surface area contributed by atoms with Gasteiger partial charge in [0.25, 0.3) is 0 Å². The molecule has 0 heterocycles. The maximum Gasteiger partial charge on any atom is 0.319 e. The van der Waals surface area contributed by atoms with Crippen molar-refractivity contribution in [1.82, 2.24) is 5.32 Å². The number of benzene rings is 2. The van der Waals surface area contributed by atoms with Crippen LogP contribution in [0.25, 0.3) is 0 Å². The number of amides is 2.